The zero-order valence-electron chi connectivity index (χ0n) is 9.80. The number of aromatic carboxylic acids is 1. The lowest BCUT2D eigenvalue weighted by atomic mass is 10.2. The van der Waals surface area contributed by atoms with Crippen LogP contribution in [0.3, 0.4) is 0 Å². The molecule has 3 heterocycles. The van der Waals surface area contributed by atoms with Gasteiger partial charge in [-0.1, -0.05) is 11.3 Å². The number of aryl methyl sites for hydroxylation is 2. The standard InChI is InChI=1S/C12H10N2O2S2/c1-6-3-4-17-9(6)8-5-14-7(2)10(11(15)16)18-12(14)13-8/h3-5H,1-2H3,(H,15,16). The number of carboxylic acid groups (broad SMARTS) is 1. The number of carbonyl (C=O) groups is 1. The Hall–Kier alpha value is -1.66. The van der Waals surface area contributed by atoms with Crippen LogP contribution in [0.5, 0.6) is 0 Å². The normalized spacial score (nSPS) is 11.2. The maximum Gasteiger partial charge on any atom is 0.347 e. The monoisotopic (exact) mass is 278 g/mol. The largest absolute Gasteiger partial charge is 0.477 e. The molecule has 92 valence electrons. The van der Waals surface area contributed by atoms with Gasteiger partial charge in [-0.3, -0.25) is 4.40 Å². The van der Waals surface area contributed by atoms with Gasteiger partial charge >= 0.3 is 5.97 Å². The summed E-state index contributed by atoms with van der Waals surface area (Å²) in [7, 11) is 0. The molecule has 3 aromatic heterocycles. The molecule has 0 atom stereocenters. The summed E-state index contributed by atoms with van der Waals surface area (Å²) in [5, 5.41) is 11.1. The SMILES string of the molecule is Cc1ccsc1-c1cn2c(C)c(C(=O)O)sc2n1. The van der Waals surface area contributed by atoms with E-state index >= 15 is 0 Å². The van der Waals surface area contributed by atoms with Crippen LogP contribution in [-0.2, 0) is 0 Å². The van der Waals surface area contributed by atoms with Crippen molar-refractivity contribution < 1.29 is 9.90 Å². The van der Waals surface area contributed by atoms with Crippen molar-refractivity contribution in [3.05, 3.63) is 33.8 Å². The second-order valence-electron chi connectivity index (χ2n) is 4.03. The molecule has 0 fully saturated rings. The minimum Gasteiger partial charge on any atom is -0.477 e. The first-order valence-electron chi connectivity index (χ1n) is 5.34. The fourth-order valence-electron chi connectivity index (χ4n) is 1.89. The molecule has 0 saturated carbocycles. The number of nitrogens with zero attached hydrogens (tertiary/aromatic N) is 2. The van der Waals surface area contributed by atoms with E-state index in [4.69, 9.17) is 5.11 Å². The van der Waals surface area contributed by atoms with Gasteiger partial charge in [-0.05, 0) is 30.9 Å². The Morgan fingerprint density at radius 1 is 1.44 bits per heavy atom. The van der Waals surface area contributed by atoms with Crippen molar-refractivity contribution in [2.75, 3.05) is 0 Å². The lowest BCUT2D eigenvalue weighted by Gasteiger charge is -1.93. The smallest absolute Gasteiger partial charge is 0.347 e. The molecule has 4 nitrogen and oxygen atoms in total. The van der Waals surface area contributed by atoms with E-state index in [0.29, 0.717) is 4.88 Å². The topological polar surface area (TPSA) is 54.6 Å². The molecule has 18 heavy (non-hydrogen) atoms. The zero-order valence-corrected chi connectivity index (χ0v) is 11.4. The molecule has 0 unspecified atom stereocenters. The van der Waals surface area contributed by atoms with Gasteiger partial charge < -0.3 is 5.11 Å². The Morgan fingerprint density at radius 2 is 2.22 bits per heavy atom. The second kappa shape index (κ2) is 3.93. The minimum atomic E-state index is -0.892. The molecule has 3 aromatic rings. The van der Waals surface area contributed by atoms with Crippen LogP contribution >= 0.6 is 22.7 Å². The average Bonchev–Trinajstić information content (AvgIpc) is 2.95. The lowest BCUT2D eigenvalue weighted by Crippen LogP contribution is -1.96. The van der Waals surface area contributed by atoms with E-state index in [2.05, 4.69) is 18.0 Å². The number of thiazole rings is 1. The fraction of sp³-hybridized carbons (Fsp3) is 0.167. The first kappa shape index (κ1) is 11.4. The molecule has 0 aliphatic heterocycles. The summed E-state index contributed by atoms with van der Waals surface area (Å²) < 4.78 is 1.85. The highest BCUT2D eigenvalue weighted by Gasteiger charge is 2.17. The number of hydrogen-bond acceptors (Lipinski definition) is 4. The molecule has 1 N–H and O–H groups in total. The van der Waals surface area contributed by atoms with Crippen LogP contribution in [-0.4, -0.2) is 20.5 Å². The quantitative estimate of drug-likeness (QED) is 0.781. The van der Waals surface area contributed by atoms with Crippen LogP contribution in [0.4, 0.5) is 0 Å². The molecule has 6 heteroatoms. The first-order chi connectivity index (χ1) is 8.58. The highest BCUT2D eigenvalue weighted by molar-refractivity contribution is 7.19. The van der Waals surface area contributed by atoms with Crippen LogP contribution in [0.15, 0.2) is 17.6 Å². The van der Waals surface area contributed by atoms with Crippen molar-refractivity contribution in [3.8, 4) is 10.6 Å². The molecular formula is C12H10N2O2S2. The lowest BCUT2D eigenvalue weighted by molar-refractivity contribution is 0.0701. The van der Waals surface area contributed by atoms with Gasteiger partial charge in [-0.2, -0.15) is 0 Å². The van der Waals surface area contributed by atoms with Crippen molar-refractivity contribution in [1.29, 1.82) is 0 Å². The third-order valence-electron chi connectivity index (χ3n) is 2.85. The van der Waals surface area contributed by atoms with Crippen molar-refractivity contribution in [2.45, 2.75) is 13.8 Å². The van der Waals surface area contributed by atoms with Crippen molar-refractivity contribution in [2.24, 2.45) is 0 Å². The van der Waals surface area contributed by atoms with Gasteiger partial charge in [0.1, 0.15) is 10.6 Å². The van der Waals surface area contributed by atoms with E-state index in [1.54, 1.807) is 18.3 Å². The number of hydrogen-bond donors (Lipinski definition) is 1. The van der Waals surface area contributed by atoms with Gasteiger partial charge in [0.2, 0.25) is 0 Å². The van der Waals surface area contributed by atoms with Crippen molar-refractivity contribution in [3.63, 3.8) is 0 Å². The summed E-state index contributed by atoms with van der Waals surface area (Å²) in [6, 6.07) is 2.06. The summed E-state index contributed by atoms with van der Waals surface area (Å²) in [5.41, 5.74) is 2.84. The third kappa shape index (κ3) is 1.57. The zero-order chi connectivity index (χ0) is 12.9. The van der Waals surface area contributed by atoms with Crippen molar-refractivity contribution >= 4 is 33.6 Å². The highest BCUT2D eigenvalue weighted by atomic mass is 32.1. The average molecular weight is 278 g/mol. The fourth-order valence-corrected chi connectivity index (χ4v) is 3.72. The van der Waals surface area contributed by atoms with Gasteiger partial charge in [-0.25, -0.2) is 9.78 Å². The molecule has 0 aliphatic carbocycles. The highest BCUT2D eigenvalue weighted by Crippen LogP contribution is 2.31. The predicted molar refractivity (Wildman–Crippen MR) is 72.8 cm³/mol. The van der Waals surface area contributed by atoms with Crippen LogP contribution in [0.1, 0.15) is 20.9 Å². The number of aromatic nitrogens is 2. The molecule has 0 radical (unpaired) electrons. The van der Waals surface area contributed by atoms with E-state index in [0.717, 1.165) is 21.2 Å². The Bertz CT molecular complexity index is 751. The van der Waals surface area contributed by atoms with Gasteiger partial charge in [0, 0.05) is 11.9 Å². The van der Waals surface area contributed by atoms with Gasteiger partial charge in [0.25, 0.3) is 0 Å². The predicted octanol–water partition coefficient (Wildman–Crippen LogP) is 3.44. The Labute approximate surface area is 111 Å². The van der Waals surface area contributed by atoms with Crippen LogP contribution in [0.2, 0.25) is 0 Å². The third-order valence-corrected chi connectivity index (χ3v) is 5.03. The van der Waals surface area contributed by atoms with Gasteiger partial charge in [0.15, 0.2) is 4.96 Å². The molecule has 0 saturated heterocycles. The van der Waals surface area contributed by atoms with E-state index < -0.39 is 5.97 Å². The van der Waals surface area contributed by atoms with Crippen molar-refractivity contribution in [1.82, 2.24) is 9.38 Å². The molecular weight excluding hydrogens is 268 g/mol. The number of rotatable bonds is 2. The van der Waals surface area contributed by atoms with E-state index in [-0.39, 0.29) is 0 Å². The number of fused-ring (bicyclic) bond motifs is 1. The van der Waals surface area contributed by atoms with E-state index in [1.807, 2.05) is 16.0 Å². The summed E-state index contributed by atoms with van der Waals surface area (Å²) in [4.78, 5) is 17.8. The summed E-state index contributed by atoms with van der Waals surface area (Å²) in [5.74, 6) is -0.892. The number of thiophene rings is 1. The Morgan fingerprint density at radius 3 is 2.78 bits per heavy atom. The summed E-state index contributed by atoms with van der Waals surface area (Å²) >= 11 is 2.86. The maximum absolute atomic E-state index is 11.0. The maximum atomic E-state index is 11.0. The first-order valence-corrected chi connectivity index (χ1v) is 7.04. The molecule has 0 aliphatic rings. The molecule has 3 rings (SSSR count). The Balaban J connectivity index is 2.19. The van der Waals surface area contributed by atoms with E-state index in [9.17, 15) is 4.79 Å². The number of imidazole rings is 1. The second-order valence-corrected chi connectivity index (χ2v) is 5.93. The van der Waals surface area contributed by atoms with Crippen LogP contribution in [0, 0.1) is 13.8 Å². The minimum absolute atomic E-state index is 0.354. The summed E-state index contributed by atoms with van der Waals surface area (Å²) in [6.07, 6.45) is 1.91. The molecule has 0 bridgehead atoms. The molecule has 0 amide bonds. The Kier molecular flexibility index (Phi) is 2.49. The summed E-state index contributed by atoms with van der Waals surface area (Å²) in [6.45, 7) is 3.86. The van der Waals surface area contributed by atoms with Crippen LogP contribution < -0.4 is 0 Å². The number of carboxylic acids is 1. The van der Waals surface area contributed by atoms with Crippen LogP contribution in [0.25, 0.3) is 15.5 Å². The van der Waals surface area contributed by atoms with E-state index in [1.165, 1.54) is 16.9 Å². The molecule has 0 spiro atoms. The molecule has 0 aromatic carbocycles. The van der Waals surface area contributed by atoms with Gasteiger partial charge in [-0.15, -0.1) is 11.3 Å². The van der Waals surface area contributed by atoms with Gasteiger partial charge in [0.05, 0.1) is 4.88 Å².